The molecular formula is C12H12N2O3. The van der Waals surface area contributed by atoms with Crippen molar-refractivity contribution < 1.29 is 14.6 Å². The summed E-state index contributed by atoms with van der Waals surface area (Å²) < 4.78 is 5.36. The van der Waals surface area contributed by atoms with Crippen molar-refractivity contribution >= 4 is 5.97 Å². The fraction of sp³-hybridized carbons (Fsp3) is 0.167. The molecule has 0 fully saturated rings. The van der Waals surface area contributed by atoms with Gasteiger partial charge >= 0.3 is 5.97 Å². The molecule has 1 aromatic carbocycles. The van der Waals surface area contributed by atoms with E-state index in [1.807, 2.05) is 31.2 Å². The van der Waals surface area contributed by atoms with Gasteiger partial charge in [0, 0.05) is 5.56 Å². The maximum atomic E-state index is 10.7. The van der Waals surface area contributed by atoms with E-state index in [-0.39, 0.29) is 5.69 Å². The Morgan fingerprint density at radius 2 is 2.35 bits per heavy atom. The minimum atomic E-state index is -1.02. The van der Waals surface area contributed by atoms with Gasteiger partial charge in [-0.1, -0.05) is 12.1 Å². The summed E-state index contributed by atoms with van der Waals surface area (Å²) in [6, 6.07) is 7.33. The molecule has 0 saturated heterocycles. The average molecular weight is 232 g/mol. The summed E-state index contributed by atoms with van der Waals surface area (Å²) >= 11 is 0. The second kappa shape index (κ2) is 4.69. The van der Waals surface area contributed by atoms with E-state index in [2.05, 4.69) is 9.97 Å². The Morgan fingerprint density at radius 1 is 1.53 bits per heavy atom. The van der Waals surface area contributed by atoms with E-state index in [4.69, 9.17) is 9.84 Å². The summed E-state index contributed by atoms with van der Waals surface area (Å²) in [6.45, 7) is 2.49. The first kappa shape index (κ1) is 11.2. The van der Waals surface area contributed by atoms with Crippen molar-refractivity contribution in [2.24, 2.45) is 0 Å². The first-order valence-electron chi connectivity index (χ1n) is 5.22. The minimum absolute atomic E-state index is 0.0711. The molecule has 0 unspecified atom stereocenters. The van der Waals surface area contributed by atoms with Gasteiger partial charge in [0.25, 0.3) is 0 Å². The topological polar surface area (TPSA) is 75.2 Å². The number of benzene rings is 1. The summed E-state index contributed by atoms with van der Waals surface area (Å²) in [4.78, 5) is 17.5. The molecule has 5 nitrogen and oxygen atoms in total. The molecule has 2 N–H and O–H groups in total. The van der Waals surface area contributed by atoms with Crippen molar-refractivity contribution in [1.29, 1.82) is 0 Å². The number of aromatic nitrogens is 2. The number of carbonyl (C=O) groups is 1. The highest BCUT2D eigenvalue weighted by Gasteiger charge is 2.09. The molecule has 0 saturated carbocycles. The van der Waals surface area contributed by atoms with Crippen molar-refractivity contribution in [3.8, 4) is 17.1 Å². The highest BCUT2D eigenvalue weighted by Crippen LogP contribution is 2.21. The molecule has 1 aromatic heterocycles. The van der Waals surface area contributed by atoms with E-state index in [1.54, 1.807) is 0 Å². The largest absolute Gasteiger partial charge is 0.494 e. The summed E-state index contributed by atoms with van der Waals surface area (Å²) in [5.74, 6) is 0.229. The molecule has 0 spiro atoms. The third-order valence-corrected chi connectivity index (χ3v) is 2.22. The monoisotopic (exact) mass is 232 g/mol. The third kappa shape index (κ3) is 2.44. The maximum absolute atomic E-state index is 10.7. The first-order chi connectivity index (χ1) is 8.20. The molecule has 88 valence electrons. The standard InChI is InChI=1S/C12H12N2O3/c1-2-17-9-5-3-4-8(6-9)11-13-7-10(14-11)12(15)16/h3-7H,2H2,1H3,(H,13,14)(H,15,16). The van der Waals surface area contributed by atoms with Crippen LogP contribution in [-0.4, -0.2) is 27.7 Å². The van der Waals surface area contributed by atoms with Gasteiger partial charge < -0.3 is 14.8 Å². The Hall–Kier alpha value is -2.30. The lowest BCUT2D eigenvalue weighted by Crippen LogP contribution is -1.95. The number of hydrogen-bond donors (Lipinski definition) is 2. The Kier molecular flexibility index (Phi) is 3.09. The molecular weight excluding hydrogens is 220 g/mol. The van der Waals surface area contributed by atoms with Crippen LogP contribution in [0, 0.1) is 0 Å². The average Bonchev–Trinajstić information content (AvgIpc) is 2.79. The van der Waals surface area contributed by atoms with Crippen molar-refractivity contribution in [3.63, 3.8) is 0 Å². The number of rotatable bonds is 4. The van der Waals surface area contributed by atoms with Gasteiger partial charge in [-0.25, -0.2) is 9.78 Å². The van der Waals surface area contributed by atoms with Crippen molar-refractivity contribution in [1.82, 2.24) is 9.97 Å². The van der Waals surface area contributed by atoms with Gasteiger partial charge in [-0.05, 0) is 19.1 Å². The molecule has 0 atom stereocenters. The Bertz CT molecular complexity index is 534. The first-order valence-corrected chi connectivity index (χ1v) is 5.22. The molecule has 0 radical (unpaired) electrons. The van der Waals surface area contributed by atoms with E-state index in [0.29, 0.717) is 12.4 Å². The molecule has 0 bridgehead atoms. The normalized spacial score (nSPS) is 10.2. The van der Waals surface area contributed by atoms with Gasteiger partial charge in [0.1, 0.15) is 17.3 Å². The number of ether oxygens (including phenoxy) is 1. The number of carboxylic acids is 1. The summed E-state index contributed by atoms with van der Waals surface area (Å²) in [5.41, 5.74) is 0.866. The highest BCUT2D eigenvalue weighted by molar-refractivity contribution is 5.85. The molecule has 0 aliphatic rings. The quantitative estimate of drug-likeness (QED) is 0.847. The van der Waals surface area contributed by atoms with Crippen molar-refractivity contribution in [3.05, 3.63) is 36.2 Å². The van der Waals surface area contributed by atoms with Gasteiger partial charge in [-0.15, -0.1) is 0 Å². The molecule has 5 heteroatoms. The fourth-order valence-electron chi connectivity index (χ4n) is 1.48. The van der Waals surface area contributed by atoms with E-state index in [0.717, 1.165) is 11.3 Å². The second-order valence-corrected chi connectivity index (χ2v) is 3.41. The van der Waals surface area contributed by atoms with E-state index < -0.39 is 5.97 Å². The summed E-state index contributed by atoms with van der Waals surface area (Å²) in [6.07, 6.45) is 1.30. The van der Waals surface area contributed by atoms with Crippen LogP contribution in [0.3, 0.4) is 0 Å². The number of nitrogens with one attached hydrogen (secondary N) is 1. The number of aromatic carboxylic acids is 1. The van der Waals surface area contributed by atoms with E-state index in [9.17, 15) is 4.79 Å². The van der Waals surface area contributed by atoms with Crippen molar-refractivity contribution in [2.75, 3.05) is 6.61 Å². The number of hydrogen-bond acceptors (Lipinski definition) is 3. The second-order valence-electron chi connectivity index (χ2n) is 3.41. The van der Waals surface area contributed by atoms with Gasteiger partial charge in [0.2, 0.25) is 0 Å². The molecule has 2 rings (SSSR count). The van der Waals surface area contributed by atoms with Crippen LogP contribution < -0.4 is 4.74 Å². The summed E-state index contributed by atoms with van der Waals surface area (Å²) in [5, 5.41) is 8.79. The van der Waals surface area contributed by atoms with Gasteiger partial charge in [0.15, 0.2) is 0 Å². The van der Waals surface area contributed by atoms with E-state index >= 15 is 0 Å². The number of nitrogens with zero attached hydrogens (tertiary/aromatic N) is 1. The minimum Gasteiger partial charge on any atom is -0.494 e. The van der Waals surface area contributed by atoms with Gasteiger partial charge in [-0.3, -0.25) is 0 Å². The SMILES string of the molecule is CCOc1cccc(-c2ncc(C(=O)O)[nH]2)c1. The third-order valence-electron chi connectivity index (χ3n) is 2.22. The Balaban J connectivity index is 2.31. The van der Waals surface area contributed by atoms with Crippen LogP contribution in [0.2, 0.25) is 0 Å². The molecule has 0 amide bonds. The van der Waals surface area contributed by atoms with Crippen LogP contribution in [-0.2, 0) is 0 Å². The van der Waals surface area contributed by atoms with Crippen molar-refractivity contribution in [2.45, 2.75) is 6.92 Å². The Labute approximate surface area is 98.1 Å². The van der Waals surface area contributed by atoms with Crippen LogP contribution in [0.1, 0.15) is 17.4 Å². The zero-order chi connectivity index (χ0) is 12.3. The highest BCUT2D eigenvalue weighted by atomic mass is 16.5. The Morgan fingerprint density at radius 3 is 3.00 bits per heavy atom. The van der Waals surface area contributed by atoms with Crippen LogP contribution in [0.25, 0.3) is 11.4 Å². The van der Waals surface area contributed by atoms with E-state index in [1.165, 1.54) is 6.20 Å². The smallest absolute Gasteiger partial charge is 0.353 e. The lowest BCUT2D eigenvalue weighted by molar-refractivity contribution is 0.0691. The summed E-state index contributed by atoms with van der Waals surface area (Å²) in [7, 11) is 0. The molecule has 0 aliphatic heterocycles. The van der Waals surface area contributed by atoms with Crippen LogP contribution >= 0.6 is 0 Å². The number of carboxylic acid groups (broad SMARTS) is 1. The number of H-pyrrole nitrogens is 1. The molecule has 0 aliphatic carbocycles. The van der Waals surface area contributed by atoms with Crippen LogP contribution in [0.4, 0.5) is 0 Å². The zero-order valence-electron chi connectivity index (χ0n) is 9.30. The fourth-order valence-corrected chi connectivity index (χ4v) is 1.48. The predicted octanol–water partition coefficient (Wildman–Crippen LogP) is 2.17. The van der Waals surface area contributed by atoms with Gasteiger partial charge in [-0.2, -0.15) is 0 Å². The maximum Gasteiger partial charge on any atom is 0.353 e. The molecule has 2 aromatic rings. The predicted molar refractivity (Wildman–Crippen MR) is 62.2 cm³/mol. The van der Waals surface area contributed by atoms with Gasteiger partial charge in [0.05, 0.1) is 12.8 Å². The lowest BCUT2D eigenvalue weighted by Gasteiger charge is -2.03. The number of aromatic amines is 1. The molecule has 17 heavy (non-hydrogen) atoms. The van der Waals surface area contributed by atoms with Crippen LogP contribution in [0.5, 0.6) is 5.75 Å². The zero-order valence-corrected chi connectivity index (χ0v) is 9.30. The van der Waals surface area contributed by atoms with Crippen LogP contribution in [0.15, 0.2) is 30.5 Å². The lowest BCUT2D eigenvalue weighted by atomic mass is 10.2. The molecule has 1 heterocycles. The number of imidazole rings is 1.